The molecule has 1 atom stereocenters. The van der Waals surface area contributed by atoms with Crippen LogP contribution in [0, 0.1) is 11.6 Å². The van der Waals surface area contributed by atoms with Crippen molar-refractivity contribution in [2.24, 2.45) is 0 Å². The van der Waals surface area contributed by atoms with Gasteiger partial charge in [-0.3, -0.25) is 4.79 Å². The molecule has 0 aromatic heterocycles. The minimum absolute atomic E-state index is 0.0363. The van der Waals surface area contributed by atoms with Crippen LogP contribution in [-0.2, 0) is 9.53 Å². The van der Waals surface area contributed by atoms with Crippen molar-refractivity contribution in [3.63, 3.8) is 0 Å². The zero-order valence-electron chi connectivity index (χ0n) is 14.2. The number of unbranched alkanes of at least 4 members (excludes halogenated alkanes) is 5. The van der Waals surface area contributed by atoms with E-state index >= 15 is 0 Å². The summed E-state index contributed by atoms with van der Waals surface area (Å²) in [5.74, 6) is -3.30. The molecule has 0 aliphatic heterocycles. The van der Waals surface area contributed by atoms with Gasteiger partial charge in [0.1, 0.15) is 6.04 Å². The fraction of sp³-hybridized carbons (Fsp3) is 0.556. The number of ether oxygens (including phenoxy) is 1. The molecule has 1 amide bonds. The Hall–Kier alpha value is -1.98. The highest BCUT2D eigenvalue weighted by atomic mass is 19.2. The molecule has 0 aliphatic carbocycles. The van der Waals surface area contributed by atoms with Crippen LogP contribution in [0.15, 0.2) is 18.2 Å². The van der Waals surface area contributed by atoms with Crippen LogP contribution in [0.3, 0.4) is 0 Å². The molecule has 1 aromatic rings. The summed E-state index contributed by atoms with van der Waals surface area (Å²) in [6, 6.07) is 2.07. The SMILES string of the molecule is CCCCCCCC[C@@H](NC(=O)c1ccc(F)c(F)c1)C(=O)OC. The number of benzene rings is 1. The van der Waals surface area contributed by atoms with Crippen LogP contribution in [-0.4, -0.2) is 25.0 Å². The number of hydrogen-bond donors (Lipinski definition) is 1. The van der Waals surface area contributed by atoms with Crippen LogP contribution in [0.5, 0.6) is 0 Å². The quantitative estimate of drug-likeness (QED) is 0.517. The van der Waals surface area contributed by atoms with Gasteiger partial charge in [0.2, 0.25) is 0 Å². The maximum Gasteiger partial charge on any atom is 0.328 e. The number of carbonyl (C=O) groups excluding carboxylic acids is 2. The van der Waals surface area contributed by atoms with Crippen molar-refractivity contribution in [1.29, 1.82) is 0 Å². The molecule has 0 bridgehead atoms. The first-order valence-electron chi connectivity index (χ1n) is 8.33. The number of amides is 1. The van der Waals surface area contributed by atoms with Crippen LogP contribution >= 0.6 is 0 Å². The summed E-state index contributed by atoms with van der Waals surface area (Å²) >= 11 is 0. The van der Waals surface area contributed by atoms with E-state index in [1.54, 1.807) is 0 Å². The normalized spacial score (nSPS) is 11.8. The molecule has 1 aromatic carbocycles. The molecular weight excluding hydrogens is 316 g/mol. The Labute approximate surface area is 141 Å². The standard InChI is InChI=1S/C18H25F2NO3/c1-3-4-5-6-7-8-9-16(18(23)24-2)21-17(22)13-10-11-14(19)15(20)12-13/h10-12,16H,3-9H2,1-2H3,(H,21,22)/t16-/m1/s1. The molecule has 0 saturated heterocycles. The molecule has 1 N–H and O–H groups in total. The van der Waals surface area contributed by atoms with Gasteiger partial charge in [0.25, 0.3) is 5.91 Å². The second kappa shape index (κ2) is 10.7. The van der Waals surface area contributed by atoms with Crippen molar-refractivity contribution in [2.45, 2.75) is 57.9 Å². The number of methoxy groups -OCH3 is 1. The Bertz CT molecular complexity index is 549. The lowest BCUT2D eigenvalue weighted by molar-refractivity contribution is -0.143. The first-order valence-corrected chi connectivity index (χ1v) is 8.33. The maximum absolute atomic E-state index is 13.2. The van der Waals surface area contributed by atoms with Crippen LogP contribution in [0.4, 0.5) is 8.78 Å². The second-order valence-corrected chi connectivity index (χ2v) is 5.73. The van der Waals surface area contributed by atoms with E-state index < -0.39 is 29.6 Å². The molecule has 24 heavy (non-hydrogen) atoms. The Morgan fingerprint density at radius 1 is 1.08 bits per heavy atom. The lowest BCUT2D eigenvalue weighted by Gasteiger charge is -2.16. The van der Waals surface area contributed by atoms with E-state index in [-0.39, 0.29) is 5.56 Å². The van der Waals surface area contributed by atoms with E-state index in [4.69, 9.17) is 4.74 Å². The Morgan fingerprint density at radius 2 is 1.75 bits per heavy atom. The van der Waals surface area contributed by atoms with Gasteiger partial charge in [-0.15, -0.1) is 0 Å². The summed E-state index contributed by atoms with van der Waals surface area (Å²) in [6.45, 7) is 2.14. The number of carbonyl (C=O) groups is 2. The summed E-state index contributed by atoms with van der Waals surface area (Å²) in [6.07, 6.45) is 6.78. The van der Waals surface area contributed by atoms with E-state index in [1.807, 2.05) is 0 Å². The topological polar surface area (TPSA) is 55.4 Å². The Morgan fingerprint density at radius 3 is 2.38 bits per heavy atom. The van der Waals surface area contributed by atoms with E-state index in [2.05, 4.69) is 12.2 Å². The van der Waals surface area contributed by atoms with E-state index in [9.17, 15) is 18.4 Å². The molecule has 4 nitrogen and oxygen atoms in total. The third-order valence-electron chi connectivity index (χ3n) is 3.82. The highest BCUT2D eigenvalue weighted by Crippen LogP contribution is 2.12. The number of halogens is 2. The van der Waals surface area contributed by atoms with Crippen LogP contribution in [0.25, 0.3) is 0 Å². The summed E-state index contributed by atoms with van der Waals surface area (Å²) in [5, 5.41) is 2.53. The zero-order valence-corrected chi connectivity index (χ0v) is 14.2. The molecule has 0 aliphatic rings. The second-order valence-electron chi connectivity index (χ2n) is 5.73. The number of rotatable bonds is 10. The first kappa shape index (κ1) is 20.1. The van der Waals surface area contributed by atoms with Crippen molar-refractivity contribution >= 4 is 11.9 Å². The average Bonchev–Trinajstić information content (AvgIpc) is 2.58. The molecule has 6 heteroatoms. The maximum atomic E-state index is 13.2. The van der Waals surface area contributed by atoms with Crippen molar-refractivity contribution < 1.29 is 23.1 Å². The highest BCUT2D eigenvalue weighted by Gasteiger charge is 2.22. The van der Waals surface area contributed by atoms with Crippen LogP contribution in [0.1, 0.15) is 62.2 Å². The molecule has 1 rings (SSSR count). The number of nitrogens with one attached hydrogen (secondary N) is 1. The smallest absolute Gasteiger partial charge is 0.328 e. The molecule has 0 fully saturated rings. The van der Waals surface area contributed by atoms with Gasteiger partial charge in [0.05, 0.1) is 7.11 Å². The molecule has 0 saturated carbocycles. The van der Waals surface area contributed by atoms with Gasteiger partial charge in [-0.25, -0.2) is 13.6 Å². The summed E-state index contributed by atoms with van der Waals surface area (Å²) in [4.78, 5) is 23.9. The van der Waals surface area contributed by atoms with Crippen molar-refractivity contribution in [3.05, 3.63) is 35.4 Å². The predicted molar refractivity (Wildman–Crippen MR) is 87.6 cm³/mol. The third-order valence-corrected chi connectivity index (χ3v) is 3.82. The highest BCUT2D eigenvalue weighted by molar-refractivity contribution is 5.96. The monoisotopic (exact) mass is 341 g/mol. The fourth-order valence-electron chi connectivity index (χ4n) is 2.40. The molecule has 0 spiro atoms. The van der Waals surface area contributed by atoms with Crippen molar-refractivity contribution in [2.75, 3.05) is 7.11 Å². The van der Waals surface area contributed by atoms with Gasteiger partial charge in [-0.2, -0.15) is 0 Å². The number of hydrogen-bond acceptors (Lipinski definition) is 3. The van der Waals surface area contributed by atoms with Crippen molar-refractivity contribution in [1.82, 2.24) is 5.32 Å². The minimum atomic E-state index is -1.10. The Kier molecular flexibility index (Phi) is 8.97. The van der Waals surface area contributed by atoms with Gasteiger partial charge in [0.15, 0.2) is 11.6 Å². The number of esters is 1. The summed E-state index contributed by atoms with van der Waals surface area (Å²) in [7, 11) is 1.25. The summed E-state index contributed by atoms with van der Waals surface area (Å²) in [5.41, 5.74) is -0.0363. The first-order chi connectivity index (χ1) is 11.5. The van der Waals surface area contributed by atoms with Crippen LogP contribution in [0.2, 0.25) is 0 Å². The largest absolute Gasteiger partial charge is 0.467 e. The molecule has 0 heterocycles. The van der Waals surface area contributed by atoms with E-state index in [1.165, 1.54) is 19.6 Å². The van der Waals surface area contributed by atoms with Crippen LogP contribution < -0.4 is 5.32 Å². The van der Waals surface area contributed by atoms with Gasteiger partial charge >= 0.3 is 5.97 Å². The van der Waals surface area contributed by atoms with Gasteiger partial charge in [-0.1, -0.05) is 45.4 Å². The Balaban J connectivity index is 2.56. The summed E-state index contributed by atoms with van der Waals surface area (Å²) < 4.78 is 30.8. The molecule has 134 valence electrons. The van der Waals surface area contributed by atoms with Gasteiger partial charge in [0, 0.05) is 5.56 Å². The van der Waals surface area contributed by atoms with Gasteiger partial charge in [-0.05, 0) is 24.6 Å². The van der Waals surface area contributed by atoms with Crippen molar-refractivity contribution in [3.8, 4) is 0 Å². The molecule has 0 radical (unpaired) electrons. The molecule has 0 unspecified atom stereocenters. The van der Waals surface area contributed by atoms with E-state index in [0.717, 1.165) is 44.2 Å². The third kappa shape index (κ3) is 6.64. The lowest BCUT2D eigenvalue weighted by Crippen LogP contribution is -2.41. The molecular formula is C18H25F2NO3. The lowest BCUT2D eigenvalue weighted by atomic mass is 10.1. The van der Waals surface area contributed by atoms with E-state index in [0.29, 0.717) is 6.42 Å². The fourth-order valence-corrected chi connectivity index (χ4v) is 2.40. The zero-order chi connectivity index (χ0) is 17.9. The minimum Gasteiger partial charge on any atom is -0.467 e. The van der Waals surface area contributed by atoms with Gasteiger partial charge < -0.3 is 10.1 Å². The average molecular weight is 341 g/mol. The predicted octanol–water partition coefficient (Wildman–Crippen LogP) is 3.99.